The molecule has 0 saturated heterocycles. The molecule has 0 bridgehead atoms. The molecule has 0 aliphatic rings. The first kappa shape index (κ1) is 20.8. The Balaban J connectivity index is 0.000000171. The number of rotatable bonds is 4. The van der Waals surface area contributed by atoms with Crippen LogP contribution in [0.15, 0.2) is 109 Å². The molecule has 148 valence electrons. The minimum Gasteiger partial charge on any atom is -0.289 e. The van der Waals surface area contributed by atoms with Gasteiger partial charge in [-0.25, -0.2) is 8.78 Å². The molecular weight excluding hydrogens is 382 g/mol. The summed E-state index contributed by atoms with van der Waals surface area (Å²) in [5, 5.41) is 0. The van der Waals surface area contributed by atoms with Crippen molar-refractivity contribution in [2.45, 2.75) is 0 Å². The Morgan fingerprint density at radius 2 is 0.667 bits per heavy atom. The van der Waals surface area contributed by atoms with E-state index < -0.39 is 0 Å². The quantitative estimate of drug-likeness (QED) is 0.387. The summed E-state index contributed by atoms with van der Waals surface area (Å²) in [5.74, 6) is -0.842. The zero-order chi connectivity index (χ0) is 21.3. The monoisotopic (exact) mass is 400 g/mol. The molecule has 0 radical (unpaired) electrons. The predicted octanol–water partition coefficient (Wildman–Crippen LogP) is 6.11. The molecule has 0 N–H and O–H groups in total. The lowest BCUT2D eigenvalue weighted by atomic mass is 10.0. The molecule has 4 aromatic rings. The van der Waals surface area contributed by atoms with E-state index in [9.17, 15) is 18.4 Å². The van der Waals surface area contributed by atoms with Crippen LogP contribution in [0, 0.1) is 11.6 Å². The van der Waals surface area contributed by atoms with Gasteiger partial charge in [-0.2, -0.15) is 0 Å². The molecule has 0 aliphatic carbocycles. The molecule has 4 rings (SSSR count). The summed E-state index contributed by atoms with van der Waals surface area (Å²) in [4.78, 5) is 23.7. The fourth-order valence-corrected chi connectivity index (χ4v) is 2.71. The molecule has 0 amide bonds. The first-order chi connectivity index (χ1) is 14.5. The number of carbonyl (C=O) groups is 2. The lowest BCUT2D eigenvalue weighted by Crippen LogP contribution is -2.00. The van der Waals surface area contributed by atoms with Crippen LogP contribution in [-0.4, -0.2) is 11.6 Å². The van der Waals surface area contributed by atoms with Crippen LogP contribution < -0.4 is 0 Å². The first-order valence-electron chi connectivity index (χ1n) is 9.25. The van der Waals surface area contributed by atoms with E-state index in [1.165, 1.54) is 48.5 Å². The number of ketones is 2. The summed E-state index contributed by atoms with van der Waals surface area (Å²) in [6.45, 7) is 0. The van der Waals surface area contributed by atoms with Crippen molar-refractivity contribution in [3.05, 3.63) is 143 Å². The zero-order valence-electron chi connectivity index (χ0n) is 16.0. The molecule has 0 unspecified atom stereocenters. The van der Waals surface area contributed by atoms with Crippen molar-refractivity contribution in [3.63, 3.8) is 0 Å². The van der Waals surface area contributed by atoms with Gasteiger partial charge in [0.15, 0.2) is 11.6 Å². The van der Waals surface area contributed by atoms with Crippen LogP contribution in [0.4, 0.5) is 8.78 Å². The van der Waals surface area contributed by atoms with Crippen molar-refractivity contribution in [1.82, 2.24) is 0 Å². The molecule has 0 spiro atoms. The van der Waals surface area contributed by atoms with Crippen molar-refractivity contribution in [1.29, 1.82) is 0 Å². The lowest BCUT2D eigenvalue weighted by molar-refractivity contribution is 0.103. The third-order valence-corrected chi connectivity index (χ3v) is 4.28. The molecule has 0 atom stereocenters. The van der Waals surface area contributed by atoms with Crippen molar-refractivity contribution >= 4 is 11.6 Å². The molecule has 2 nitrogen and oxygen atoms in total. The van der Waals surface area contributed by atoms with Crippen molar-refractivity contribution in [2.24, 2.45) is 0 Å². The van der Waals surface area contributed by atoms with E-state index in [1.807, 2.05) is 12.1 Å². The Hall–Kier alpha value is -3.92. The smallest absolute Gasteiger partial charge is 0.193 e. The molecule has 0 heterocycles. The van der Waals surface area contributed by atoms with Crippen LogP contribution in [0.2, 0.25) is 0 Å². The highest BCUT2D eigenvalue weighted by molar-refractivity contribution is 6.09. The Bertz CT molecular complexity index is 1010. The van der Waals surface area contributed by atoms with Gasteiger partial charge in [-0.3, -0.25) is 9.59 Å². The van der Waals surface area contributed by atoms with E-state index >= 15 is 0 Å². The second-order valence-electron chi connectivity index (χ2n) is 6.40. The van der Waals surface area contributed by atoms with Crippen LogP contribution >= 0.6 is 0 Å². The second kappa shape index (κ2) is 10.0. The number of hydrogen-bond donors (Lipinski definition) is 0. The van der Waals surface area contributed by atoms with Crippen LogP contribution in [0.3, 0.4) is 0 Å². The third kappa shape index (κ3) is 5.55. The number of hydrogen-bond acceptors (Lipinski definition) is 2. The molecule has 0 aliphatic heterocycles. The van der Waals surface area contributed by atoms with Gasteiger partial charge in [0, 0.05) is 22.3 Å². The number of benzene rings is 4. The van der Waals surface area contributed by atoms with Gasteiger partial charge in [-0.1, -0.05) is 60.7 Å². The molecule has 0 fully saturated rings. The Morgan fingerprint density at radius 3 is 0.967 bits per heavy atom. The first-order valence-corrected chi connectivity index (χ1v) is 9.25. The van der Waals surface area contributed by atoms with Gasteiger partial charge in [-0.15, -0.1) is 0 Å². The lowest BCUT2D eigenvalue weighted by Gasteiger charge is -2.00. The van der Waals surface area contributed by atoms with Gasteiger partial charge in [0.05, 0.1) is 0 Å². The van der Waals surface area contributed by atoms with Gasteiger partial charge in [0.2, 0.25) is 0 Å². The maximum Gasteiger partial charge on any atom is 0.193 e. The number of carbonyl (C=O) groups excluding carboxylic acids is 2. The average molecular weight is 400 g/mol. The molecule has 30 heavy (non-hydrogen) atoms. The van der Waals surface area contributed by atoms with Crippen molar-refractivity contribution in [3.8, 4) is 0 Å². The fraction of sp³-hybridized carbons (Fsp3) is 0. The highest BCUT2D eigenvalue weighted by Gasteiger charge is 2.08. The van der Waals surface area contributed by atoms with Gasteiger partial charge in [-0.05, 0) is 48.5 Å². The summed E-state index contributed by atoms with van der Waals surface area (Å²) in [7, 11) is 0. The summed E-state index contributed by atoms with van der Waals surface area (Å²) in [5.41, 5.74) is 2.23. The molecule has 0 aromatic heterocycles. The van der Waals surface area contributed by atoms with E-state index in [0.717, 1.165) is 0 Å². The Kier molecular flexibility index (Phi) is 6.95. The third-order valence-electron chi connectivity index (χ3n) is 4.28. The minimum atomic E-state index is -0.334. The minimum absolute atomic E-state index is 0.0874. The highest BCUT2D eigenvalue weighted by Crippen LogP contribution is 2.11. The number of halogens is 2. The van der Waals surface area contributed by atoms with Gasteiger partial charge < -0.3 is 0 Å². The van der Waals surface area contributed by atoms with Gasteiger partial charge in [0.1, 0.15) is 11.6 Å². The summed E-state index contributed by atoms with van der Waals surface area (Å²) < 4.78 is 25.3. The predicted molar refractivity (Wildman–Crippen MR) is 113 cm³/mol. The Labute approximate surface area is 173 Å². The normalized spacial score (nSPS) is 9.93. The van der Waals surface area contributed by atoms with E-state index in [2.05, 4.69) is 0 Å². The van der Waals surface area contributed by atoms with Gasteiger partial charge >= 0.3 is 0 Å². The molecular formula is C26H18F2O2. The van der Waals surface area contributed by atoms with Crippen molar-refractivity contribution in [2.75, 3.05) is 0 Å². The summed E-state index contributed by atoms with van der Waals surface area (Å²) in [6.07, 6.45) is 0. The van der Waals surface area contributed by atoms with Crippen LogP contribution in [0.5, 0.6) is 0 Å². The topological polar surface area (TPSA) is 34.1 Å². The SMILES string of the molecule is O=C(c1ccccc1)c1ccc(F)cc1.O=C(c1ccccc1)c1ccc(F)cc1. The van der Waals surface area contributed by atoms with Crippen LogP contribution in [0.1, 0.15) is 31.8 Å². The second-order valence-corrected chi connectivity index (χ2v) is 6.40. The standard InChI is InChI=1S/2C13H9FO/c2*14-12-8-6-11(7-9-12)13(15)10-4-2-1-3-5-10/h2*1-9H. The maximum atomic E-state index is 12.6. The Morgan fingerprint density at radius 1 is 0.400 bits per heavy atom. The molecule has 4 aromatic carbocycles. The zero-order valence-corrected chi connectivity index (χ0v) is 16.0. The molecule has 4 heteroatoms. The highest BCUT2D eigenvalue weighted by atomic mass is 19.1. The van der Waals surface area contributed by atoms with E-state index in [-0.39, 0.29) is 23.2 Å². The fourth-order valence-electron chi connectivity index (χ4n) is 2.71. The average Bonchev–Trinajstić information content (AvgIpc) is 2.81. The van der Waals surface area contributed by atoms with Crippen LogP contribution in [-0.2, 0) is 0 Å². The van der Waals surface area contributed by atoms with E-state index in [0.29, 0.717) is 22.3 Å². The maximum absolute atomic E-state index is 12.6. The summed E-state index contributed by atoms with van der Waals surface area (Å²) in [6, 6.07) is 29.0. The molecule has 0 saturated carbocycles. The van der Waals surface area contributed by atoms with E-state index in [4.69, 9.17) is 0 Å². The van der Waals surface area contributed by atoms with E-state index in [1.54, 1.807) is 48.5 Å². The van der Waals surface area contributed by atoms with Crippen molar-refractivity contribution < 1.29 is 18.4 Å². The summed E-state index contributed by atoms with van der Waals surface area (Å²) >= 11 is 0. The largest absolute Gasteiger partial charge is 0.289 e. The van der Waals surface area contributed by atoms with Gasteiger partial charge in [0.25, 0.3) is 0 Å². The van der Waals surface area contributed by atoms with Crippen LogP contribution in [0.25, 0.3) is 0 Å².